The SMILES string of the molecule is CC/C=C\C/C=C\C/C=C\C/C=C\C/C=C\C/C=C\CCCCCCCCCCCCCCC(=O)OCC(O)COP(=O)([O-])OCC[N+](C)(C)C. The molecule has 0 aliphatic carbocycles. The molecule has 0 heterocycles. The average Bonchev–Trinajstić information content (AvgIpc) is 3.08. The van der Waals surface area contributed by atoms with Crippen LogP contribution in [0.15, 0.2) is 72.9 Å². The van der Waals surface area contributed by atoms with Crippen molar-refractivity contribution in [1.82, 2.24) is 0 Å². The highest BCUT2D eigenvalue weighted by molar-refractivity contribution is 7.45. The maximum atomic E-state index is 11.9. The molecule has 0 saturated carbocycles. The molecule has 51 heavy (non-hydrogen) atoms. The van der Waals surface area contributed by atoms with Gasteiger partial charge in [0.2, 0.25) is 0 Å². The van der Waals surface area contributed by atoms with Crippen molar-refractivity contribution >= 4 is 13.8 Å². The maximum Gasteiger partial charge on any atom is 0.305 e. The Morgan fingerprint density at radius 3 is 1.49 bits per heavy atom. The maximum absolute atomic E-state index is 11.9. The lowest BCUT2D eigenvalue weighted by Crippen LogP contribution is -2.37. The molecule has 0 saturated heterocycles. The number of unbranched alkanes of at least 4 members (excludes halogenated alkanes) is 12. The predicted octanol–water partition coefficient (Wildman–Crippen LogP) is 10.3. The van der Waals surface area contributed by atoms with Gasteiger partial charge in [-0.3, -0.25) is 9.36 Å². The third kappa shape index (κ3) is 40.6. The van der Waals surface area contributed by atoms with E-state index >= 15 is 0 Å². The number of phosphoric acid groups is 1. The zero-order valence-electron chi connectivity index (χ0n) is 32.8. The number of rotatable bonds is 35. The van der Waals surface area contributed by atoms with Crippen molar-refractivity contribution in [2.24, 2.45) is 0 Å². The number of esters is 1. The van der Waals surface area contributed by atoms with Crippen molar-refractivity contribution in [2.75, 3.05) is 47.5 Å². The van der Waals surface area contributed by atoms with Crippen molar-refractivity contribution in [3.05, 3.63) is 72.9 Å². The summed E-state index contributed by atoms with van der Waals surface area (Å²) in [7, 11) is 1.24. The lowest BCUT2D eigenvalue weighted by molar-refractivity contribution is -0.870. The Morgan fingerprint density at radius 2 is 1.04 bits per heavy atom. The molecule has 0 aliphatic heterocycles. The van der Waals surface area contributed by atoms with Gasteiger partial charge >= 0.3 is 5.97 Å². The van der Waals surface area contributed by atoms with Gasteiger partial charge < -0.3 is 28.3 Å². The fraction of sp³-hybridized carbons (Fsp3) is 0.690. The van der Waals surface area contributed by atoms with Crippen molar-refractivity contribution in [2.45, 2.75) is 141 Å². The number of carbonyl (C=O) groups excluding carboxylic acids is 1. The number of ether oxygens (including phenoxy) is 1. The van der Waals surface area contributed by atoms with E-state index in [1.807, 2.05) is 21.1 Å². The zero-order valence-corrected chi connectivity index (χ0v) is 33.7. The molecule has 0 aromatic heterocycles. The lowest BCUT2D eigenvalue weighted by atomic mass is 10.0. The summed E-state index contributed by atoms with van der Waals surface area (Å²) < 4.78 is 26.8. The molecule has 2 unspecified atom stereocenters. The summed E-state index contributed by atoms with van der Waals surface area (Å²) in [5, 5.41) is 9.87. The van der Waals surface area contributed by atoms with Crippen LogP contribution in [0.3, 0.4) is 0 Å². The van der Waals surface area contributed by atoms with Crippen molar-refractivity contribution in [3.8, 4) is 0 Å². The molecule has 0 aliphatic rings. The monoisotopic (exact) mass is 736 g/mol. The van der Waals surface area contributed by atoms with E-state index < -0.39 is 26.5 Å². The van der Waals surface area contributed by atoms with Gasteiger partial charge in [0.05, 0.1) is 27.7 Å². The van der Waals surface area contributed by atoms with Gasteiger partial charge in [0.1, 0.15) is 25.9 Å². The van der Waals surface area contributed by atoms with Gasteiger partial charge in [-0.15, -0.1) is 0 Å². The molecule has 0 spiro atoms. The van der Waals surface area contributed by atoms with Gasteiger partial charge in [0, 0.05) is 6.42 Å². The van der Waals surface area contributed by atoms with Crippen LogP contribution in [-0.2, 0) is 23.1 Å². The molecule has 0 aromatic carbocycles. The molecule has 1 N–H and O–H groups in total. The van der Waals surface area contributed by atoms with Gasteiger partial charge in [0.15, 0.2) is 0 Å². The average molecular weight is 736 g/mol. The van der Waals surface area contributed by atoms with Crippen LogP contribution in [0.4, 0.5) is 0 Å². The quantitative estimate of drug-likeness (QED) is 0.0227. The fourth-order valence-corrected chi connectivity index (χ4v) is 5.62. The van der Waals surface area contributed by atoms with E-state index in [4.69, 9.17) is 9.26 Å². The summed E-state index contributed by atoms with van der Waals surface area (Å²) in [6.45, 7) is 1.82. The molecule has 0 amide bonds. The first-order chi connectivity index (χ1) is 24.6. The highest BCUT2D eigenvalue weighted by atomic mass is 31.2. The summed E-state index contributed by atoms with van der Waals surface area (Å²) in [6, 6.07) is 0. The number of phosphoric ester groups is 1. The van der Waals surface area contributed by atoms with E-state index in [2.05, 4.69) is 84.4 Å². The van der Waals surface area contributed by atoms with Crippen LogP contribution >= 0.6 is 7.82 Å². The Labute approximate surface area is 312 Å². The van der Waals surface area contributed by atoms with Crippen LogP contribution in [0, 0.1) is 0 Å². The van der Waals surface area contributed by atoms with Crippen LogP contribution < -0.4 is 4.89 Å². The van der Waals surface area contributed by atoms with E-state index in [9.17, 15) is 19.4 Å². The van der Waals surface area contributed by atoms with Gasteiger partial charge in [-0.2, -0.15) is 0 Å². The third-order valence-electron chi connectivity index (χ3n) is 7.97. The smallest absolute Gasteiger partial charge is 0.305 e. The number of allylic oxidation sites excluding steroid dienone is 12. The minimum atomic E-state index is -4.50. The first-order valence-corrected chi connectivity index (χ1v) is 21.2. The van der Waals surface area contributed by atoms with Crippen LogP contribution in [-0.4, -0.2) is 69.2 Å². The third-order valence-corrected chi connectivity index (χ3v) is 8.94. The molecule has 0 fully saturated rings. The summed E-state index contributed by atoms with van der Waals surface area (Å²) in [5.41, 5.74) is 0. The molecule has 0 aromatic rings. The molecule has 0 radical (unpaired) electrons. The fourth-order valence-electron chi connectivity index (χ4n) is 4.89. The lowest BCUT2D eigenvalue weighted by Gasteiger charge is -2.27. The Hall–Kier alpha value is -2.06. The molecule has 0 rings (SSSR count). The number of nitrogens with zero attached hydrogens (tertiary/aromatic N) is 1. The van der Waals surface area contributed by atoms with Crippen molar-refractivity contribution in [3.63, 3.8) is 0 Å². The second-order valence-corrected chi connectivity index (χ2v) is 15.5. The number of likely N-dealkylation sites (N-methyl/N-ethyl adjacent to an activating group) is 1. The molecule has 9 heteroatoms. The number of aliphatic hydroxyl groups excluding tert-OH is 1. The first kappa shape index (κ1) is 48.9. The summed E-state index contributed by atoms with van der Waals surface area (Å²) in [4.78, 5) is 23.7. The van der Waals surface area contributed by atoms with Crippen molar-refractivity contribution < 1.29 is 37.6 Å². The second-order valence-electron chi connectivity index (χ2n) is 14.1. The van der Waals surface area contributed by atoms with Gasteiger partial charge in [-0.25, -0.2) is 0 Å². The Morgan fingerprint density at radius 1 is 0.627 bits per heavy atom. The summed E-state index contributed by atoms with van der Waals surface area (Å²) in [5.74, 6) is -0.393. The molecule has 2 atom stereocenters. The normalized spacial score (nSPS) is 14.7. The first-order valence-electron chi connectivity index (χ1n) is 19.7. The number of quaternary nitrogens is 1. The number of aliphatic hydroxyl groups is 1. The summed E-state index contributed by atoms with van der Waals surface area (Å²) in [6.07, 6.45) is 47.8. The molecular weight excluding hydrogens is 661 g/mol. The number of hydrogen-bond donors (Lipinski definition) is 1. The van der Waals surface area contributed by atoms with Crippen LogP contribution in [0.5, 0.6) is 0 Å². The Bertz CT molecular complexity index is 1040. The standard InChI is InChI=1S/C42H74NO7P/c1-5-6-7-8-9-10-11-12-13-14-15-16-17-18-19-20-21-22-23-24-25-26-27-28-29-30-31-32-33-34-35-36-42(45)48-39-41(44)40-50-51(46,47)49-38-37-43(2,3)4/h6-7,9-10,12-13,15-16,18-19,21-22,41,44H,5,8,11,14,17,20,23-40H2,1-4H3/b7-6-,10-9-,13-12-,16-15-,19-18-,22-21-. The largest absolute Gasteiger partial charge is 0.756 e. The molecule has 8 nitrogen and oxygen atoms in total. The minimum absolute atomic E-state index is 0.0112. The predicted molar refractivity (Wildman–Crippen MR) is 212 cm³/mol. The highest BCUT2D eigenvalue weighted by Crippen LogP contribution is 2.38. The van der Waals surface area contributed by atoms with E-state index in [-0.39, 0.29) is 13.2 Å². The van der Waals surface area contributed by atoms with E-state index in [0.717, 1.165) is 57.8 Å². The van der Waals surface area contributed by atoms with Gasteiger partial charge in [-0.1, -0.05) is 144 Å². The van der Waals surface area contributed by atoms with Crippen LogP contribution in [0.25, 0.3) is 0 Å². The van der Waals surface area contributed by atoms with Crippen molar-refractivity contribution in [1.29, 1.82) is 0 Å². The van der Waals surface area contributed by atoms with Gasteiger partial charge in [0.25, 0.3) is 7.82 Å². The molecule has 294 valence electrons. The number of carbonyl (C=O) groups is 1. The molecular formula is C42H74NO7P. The highest BCUT2D eigenvalue weighted by Gasteiger charge is 2.16. The van der Waals surface area contributed by atoms with Crippen LogP contribution in [0.2, 0.25) is 0 Å². The topological polar surface area (TPSA) is 105 Å². The Kier molecular flexibility index (Phi) is 33.6. The van der Waals surface area contributed by atoms with E-state index in [1.165, 1.54) is 64.2 Å². The second kappa shape index (κ2) is 35.0. The molecule has 0 bridgehead atoms. The van der Waals surface area contributed by atoms with Crippen LogP contribution in [0.1, 0.15) is 135 Å². The van der Waals surface area contributed by atoms with E-state index in [0.29, 0.717) is 17.4 Å². The Balaban J connectivity index is 3.50. The number of hydrogen-bond acceptors (Lipinski definition) is 7. The minimum Gasteiger partial charge on any atom is -0.756 e. The zero-order chi connectivity index (χ0) is 37.7. The summed E-state index contributed by atoms with van der Waals surface area (Å²) >= 11 is 0. The van der Waals surface area contributed by atoms with E-state index in [1.54, 1.807) is 0 Å². The van der Waals surface area contributed by atoms with Gasteiger partial charge in [-0.05, 0) is 57.8 Å².